The molecule has 0 aliphatic rings. The van der Waals surface area contributed by atoms with Crippen LogP contribution in [0.1, 0.15) is 5.56 Å². The zero-order valence-corrected chi connectivity index (χ0v) is 26.0. The number of nitrogen functional groups attached to an aromatic ring is 1. The van der Waals surface area contributed by atoms with Crippen LogP contribution < -0.4 is 5.73 Å². The highest BCUT2D eigenvalue weighted by Gasteiger charge is 2.16. The quantitative estimate of drug-likeness (QED) is 0.155. The van der Waals surface area contributed by atoms with E-state index in [0.29, 0.717) is 0 Å². The summed E-state index contributed by atoms with van der Waals surface area (Å²) in [4.78, 5) is 1.17. The van der Waals surface area contributed by atoms with Gasteiger partial charge in [-0.2, -0.15) is 0 Å². The summed E-state index contributed by atoms with van der Waals surface area (Å²) in [5, 5.41) is 7.70. The Morgan fingerprint density at radius 3 is 2.18 bits per heavy atom. The van der Waals surface area contributed by atoms with E-state index in [1.807, 2.05) is 23.1 Å². The van der Waals surface area contributed by atoms with Gasteiger partial charge in [0.15, 0.2) is 0 Å². The molecule has 0 radical (unpaired) electrons. The van der Waals surface area contributed by atoms with E-state index >= 15 is 0 Å². The van der Waals surface area contributed by atoms with Gasteiger partial charge in [0.25, 0.3) is 0 Å². The fraction of sp³-hybridized carbons (Fsp3) is 0.0244. The molecule has 45 heavy (non-hydrogen) atoms. The molecule has 2 heterocycles. The van der Waals surface area contributed by atoms with Crippen molar-refractivity contribution in [3.8, 4) is 16.8 Å². The highest BCUT2D eigenvalue weighted by molar-refractivity contribution is 7.99. The van der Waals surface area contributed by atoms with Crippen LogP contribution in [-0.2, 0) is 5.75 Å². The molecule has 2 N–H and O–H groups in total. The number of thioether (sulfide) groups is 1. The average Bonchev–Trinajstić information content (AvgIpc) is 3.64. The summed E-state index contributed by atoms with van der Waals surface area (Å²) in [5.41, 5.74) is 14.9. The first-order valence-electron chi connectivity index (χ1n) is 15.2. The summed E-state index contributed by atoms with van der Waals surface area (Å²) in [5.74, 6) is 0.844. The van der Waals surface area contributed by atoms with E-state index in [9.17, 15) is 0 Å². The lowest BCUT2D eigenvalue weighted by atomic mass is 10.0. The van der Waals surface area contributed by atoms with Gasteiger partial charge in [-0.1, -0.05) is 97.1 Å². The Labute approximate surface area is 269 Å². The third kappa shape index (κ3) is 4.33. The molecule has 7 aromatic carbocycles. The maximum absolute atomic E-state index is 6.66. The van der Waals surface area contributed by atoms with Crippen LogP contribution in [0, 0.1) is 0 Å². The van der Waals surface area contributed by atoms with Crippen LogP contribution in [0.25, 0.3) is 69.6 Å². The fourth-order valence-electron chi connectivity index (χ4n) is 6.73. The largest absolute Gasteiger partial charge is 0.398 e. The maximum atomic E-state index is 6.66. The summed E-state index contributed by atoms with van der Waals surface area (Å²) in [6.45, 7) is 0. The predicted octanol–water partition coefficient (Wildman–Crippen LogP) is 11.8. The summed E-state index contributed by atoms with van der Waals surface area (Å²) in [6, 6.07) is 52.6. The summed E-state index contributed by atoms with van der Waals surface area (Å²) >= 11 is 3.68. The normalized spacial score (nSPS) is 11.8. The molecular weight excluding hydrogens is 585 g/mol. The van der Waals surface area contributed by atoms with Crippen LogP contribution in [0.2, 0.25) is 0 Å². The van der Waals surface area contributed by atoms with Crippen LogP contribution in [0.15, 0.2) is 150 Å². The van der Waals surface area contributed by atoms with Gasteiger partial charge in [0.2, 0.25) is 0 Å². The molecule has 2 aromatic heterocycles. The van der Waals surface area contributed by atoms with Crippen LogP contribution >= 0.6 is 23.1 Å². The second-order valence-electron chi connectivity index (χ2n) is 11.5. The minimum absolute atomic E-state index is 0.839. The Morgan fingerprint density at radius 2 is 1.31 bits per heavy atom. The molecule has 2 nitrogen and oxygen atoms in total. The minimum atomic E-state index is 0.839. The molecule has 0 atom stereocenters. The molecule has 0 aliphatic carbocycles. The standard InChI is InChI=1S/C41H28N2S2/c42-34-20-23-38-40(33-24-29(17-22-37(33)45-38)27-8-2-1-3-9-27)41(34)44-25-26-14-18-30(19-15-26)43-35-13-7-6-12-32(35)39-31-11-5-4-10-28(31)16-21-36(39)43/h1-24H,25,42H2. The third-order valence-corrected chi connectivity index (χ3v) is 11.2. The smallest absolute Gasteiger partial charge is 0.0547 e. The van der Waals surface area contributed by atoms with Gasteiger partial charge >= 0.3 is 0 Å². The average molecular weight is 613 g/mol. The number of para-hydroxylation sites is 1. The van der Waals surface area contributed by atoms with Crippen LogP contribution in [0.4, 0.5) is 5.69 Å². The number of rotatable bonds is 5. The van der Waals surface area contributed by atoms with Crippen molar-refractivity contribution in [2.75, 3.05) is 5.73 Å². The van der Waals surface area contributed by atoms with Gasteiger partial charge in [0.05, 0.1) is 11.0 Å². The van der Waals surface area contributed by atoms with Crippen LogP contribution in [0.5, 0.6) is 0 Å². The van der Waals surface area contributed by atoms with Crippen LogP contribution in [0.3, 0.4) is 0 Å². The zero-order valence-electron chi connectivity index (χ0n) is 24.4. The van der Waals surface area contributed by atoms with Gasteiger partial charge in [0, 0.05) is 53.0 Å². The number of hydrogen-bond acceptors (Lipinski definition) is 3. The molecule has 0 unspecified atom stereocenters. The molecule has 0 fully saturated rings. The molecule has 0 saturated carbocycles. The van der Waals surface area contributed by atoms with E-state index in [1.54, 1.807) is 0 Å². The van der Waals surface area contributed by atoms with Crippen molar-refractivity contribution in [2.45, 2.75) is 10.6 Å². The minimum Gasteiger partial charge on any atom is -0.398 e. The summed E-state index contributed by atoms with van der Waals surface area (Å²) < 4.78 is 4.97. The molecule has 214 valence electrons. The van der Waals surface area contributed by atoms with E-state index in [-0.39, 0.29) is 0 Å². The lowest BCUT2D eigenvalue weighted by Crippen LogP contribution is -1.94. The number of fused-ring (bicyclic) bond motifs is 8. The van der Waals surface area contributed by atoms with E-state index in [2.05, 4.69) is 150 Å². The van der Waals surface area contributed by atoms with Gasteiger partial charge in [0.1, 0.15) is 0 Å². The number of nitrogens with two attached hydrogens (primary N) is 1. The molecular formula is C41H28N2S2. The monoisotopic (exact) mass is 612 g/mol. The highest BCUT2D eigenvalue weighted by Crippen LogP contribution is 2.44. The summed E-state index contributed by atoms with van der Waals surface area (Å²) in [6.07, 6.45) is 0. The van der Waals surface area contributed by atoms with E-state index in [0.717, 1.165) is 11.4 Å². The number of hydrogen-bond donors (Lipinski definition) is 1. The molecule has 0 aliphatic heterocycles. The summed E-state index contributed by atoms with van der Waals surface area (Å²) in [7, 11) is 0. The maximum Gasteiger partial charge on any atom is 0.0547 e. The van der Waals surface area contributed by atoms with Gasteiger partial charge in [-0.15, -0.1) is 23.1 Å². The Morgan fingerprint density at radius 1 is 0.556 bits per heavy atom. The lowest BCUT2D eigenvalue weighted by Gasteiger charge is -2.11. The second-order valence-corrected chi connectivity index (χ2v) is 13.6. The Kier molecular flexibility index (Phi) is 6.19. The van der Waals surface area contributed by atoms with E-state index in [4.69, 9.17) is 5.73 Å². The Balaban J connectivity index is 1.08. The number of benzene rings is 7. The fourth-order valence-corrected chi connectivity index (χ4v) is 8.99. The zero-order chi connectivity index (χ0) is 29.9. The molecule has 0 saturated heterocycles. The molecule has 0 bridgehead atoms. The number of thiophene rings is 1. The Hall–Kier alpha value is -5.03. The SMILES string of the molecule is Nc1ccc2sc3ccc(-c4ccccc4)cc3c2c1SCc1ccc(-n2c3ccccc3c3c4ccccc4ccc32)cc1. The first-order valence-corrected chi connectivity index (χ1v) is 17.0. The first-order chi connectivity index (χ1) is 22.2. The van der Waals surface area contributed by atoms with Gasteiger partial charge in [-0.05, 0) is 76.0 Å². The second kappa shape index (κ2) is 10.6. The molecule has 9 rings (SSSR count). The van der Waals surface area contributed by atoms with Crippen molar-refractivity contribution in [3.05, 3.63) is 151 Å². The molecule has 9 aromatic rings. The topological polar surface area (TPSA) is 30.9 Å². The molecule has 4 heteroatoms. The highest BCUT2D eigenvalue weighted by atomic mass is 32.2. The number of nitrogens with zero attached hydrogens (tertiary/aromatic N) is 1. The van der Waals surface area contributed by atoms with Gasteiger partial charge in [-0.25, -0.2) is 0 Å². The van der Waals surface area contributed by atoms with E-state index < -0.39 is 0 Å². The lowest BCUT2D eigenvalue weighted by molar-refractivity contribution is 1.17. The first kappa shape index (κ1) is 26.4. The van der Waals surface area contributed by atoms with Crippen molar-refractivity contribution >= 4 is 81.5 Å². The Bertz CT molecular complexity index is 2540. The third-order valence-electron chi connectivity index (χ3n) is 8.87. The van der Waals surface area contributed by atoms with Gasteiger partial charge in [-0.3, -0.25) is 0 Å². The van der Waals surface area contributed by atoms with Crippen molar-refractivity contribution in [1.82, 2.24) is 4.57 Å². The predicted molar refractivity (Wildman–Crippen MR) is 197 cm³/mol. The number of anilines is 1. The van der Waals surface area contributed by atoms with Gasteiger partial charge < -0.3 is 10.3 Å². The van der Waals surface area contributed by atoms with Crippen molar-refractivity contribution in [2.24, 2.45) is 0 Å². The molecule has 0 amide bonds. The van der Waals surface area contributed by atoms with E-state index in [1.165, 1.54) is 80.0 Å². The van der Waals surface area contributed by atoms with Crippen molar-refractivity contribution in [3.63, 3.8) is 0 Å². The molecule has 0 spiro atoms. The van der Waals surface area contributed by atoms with Crippen molar-refractivity contribution in [1.29, 1.82) is 0 Å². The number of aromatic nitrogens is 1. The van der Waals surface area contributed by atoms with Crippen molar-refractivity contribution < 1.29 is 0 Å². The van der Waals surface area contributed by atoms with Crippen LogP contribution in [-0.4, -0.2) is 4.57 Å².